The van der Waals surface area contributed by atoms with Crippen molar-refractivity contribution in [2.45, 2.75) is 12.8 Å². The molecular weight excluding hydrogens is 205 g/mol. The highest BCUT2D eigenvalue weighted by atomic mass is 35.5. The Morgan fingerprint density at radius 2 is 2.17 bits per heavy atom. The van der Waals surface area contributed by atoms with E-state index in [9.17, 15) is 12.3 Å². The third-order valence-corrected chi connectivity index (χ3v) is 2.70. The zero-order valence-corrected chi connectivity index (χ0v) is 8.26. The van der Waals surface area contributed by atoms with Crippen LogP contribution in [0.5, 0.6) is 0 Å². The molecule has 1 aliphatic rings. The molecule has 1 heterocycles. The SMILES string of the molecule is Cl.O=S(=O)(F)CC1CCCNC1. The van der Waals surface area contributed by atoms with Crippen LogP contribution in [0.3, 0.4) is 0 Å². The van der Waals surface area contributed by atoms with Crippen LogP contribution in [0.2, 0.25) is 0 Å². The number of rotatable bonds is 2. The van der Waals surface area contributed by atoms with Gasteiger partial charge in [-0.15, -0.1) is 16.3 Å². The Morgan fingerprint density at radius 1 is 1.50 bits per heavy atom. The third-order valence-electron chi connectivity index (χ3n) is 1.83. The Labute approximate surface area is 78.3 Å². The molecule has 1 aliphatic heterocycles. The van der Waals surface area contributed by atoms with E-state index in [-0.39, 0.29) is 24.1 Å². The summed E-state index contributed by atoms with van der Waals surface area (Å²) in [6.45, 7) is 1.55. The van der Waals surface area contributed by atoms with E-state index in [4.69, 9.17) is 0 Å². The lowest BCUT2D eigenvalue weighted by molar-refractivity contribution is 0.399. The third kappa shape index (κ3) is 4.90. The minimum absolute atomic E-state index is 0. The van der Waals surface area contributed by atoms with Crippen LogP contribution in [0.25, 0.3) is 0 Å². The van der Waals surface area contributed by atoms with E-state index < -0.39 is 10.2 Å². The average molecular weight is 218 g/mol. The zero-order valence-electron chi connectivity index (χ0n) is 6.62. The number of hydrogen-bond acceptors (Lipinski definition) is 3. The summed E-state index contributed by atoms with van der Waals surface area (Å²) in [5, 5.41) is 3.03. The van der Waals surface area contributed by atoms with Gasteiger partial charge in [0.05, 0.1) is 5.75 Å². The lowest BCUT2D eigenvalue weighted by Gasteiger charge is -2.20. The second kappa shape index (κ2) is 4.99. The summed E-state index contributed by atoms with van der Waals surface area (Å²) in [4.78, 5) is 0. The van der Waals surface area contributed by atoms with Gasteiger partial charge in [-0.1, -0.05) is 0 Å². The Kier molecular flexibility index (Phi) is 5.04. The normalized spacial score (nSPS) is 24.6. The van der Waals surface area contributed by atoms with Crippen molar-refractivity contribution in [3.8, 4) is 0 Å². The lowest BCUT2D eigenvalue weighted by atomic mass is 10.0. The number of nitrogens with one attached hydrogen (secondary N) is 1. The number of hydrogen-bond donors (Lipinski definition) is 1. The minimum Gasteiger partial charge on any atom is -0.316 e. The lowest BCUT2D eigenvalue weighted by Crippen LogP contribution is -2.33. The van der Waals surface area contributed by atoms with E-state index >= 15 is 0 Å². The second-order valence-electron chi connectivity index (χ2n) is 2.92. The summed E-state index contributed by atoms with van der Waals surface area (Å²) in [6, 6.07) is 0. The fourth-order valence-corrected chi connectivity index (χ4v) is 2.20. The molecule has 1 N–H and O–H groups in total. The fourth-order valence-electron chi connectivity index (χ4n) is 1.35. The van der Waals surface area contributed by atoms with Gasteiger partial charge in [-0.25, -0.2) is 0 Å². The van der Waals surface area contributed by atoms with Crippen molar-refractivity contribution in [3.63, 3.8) is 0 Å². The van der Waals surface area contributed by atoms with Gasteiger partial charge in [-0.2, -0.15) is 8.42 Å². The van der Waals surface area contributed by atoms with E-state index in [0.29, 0.717) is 6.54 Å². The van der Waals surface area contributed by atoms with Crippen LogP contribution in [0.4, 0.5) is 3.89 Å². The Bertz CT molecular complexity index is 214. The molecule has 1 fully saturated rings. The maximum atomic E-state index is 12.1. The Morgan fingerprint density at radius 3 is 2.58 bits per heavy atom. The monoisotopic (exact) mass is 217 g/mol. The van der Waals surface area contributed by atoms with Crippen molar-refractivity contribution in [1.82, 2.24) is 5.32 Å². The molecule has 0 radical (unpaired) electrons. The van der Waals surface area contributed by atoms with Crippen LogP contribution in [-0.4, -0.2) is 27.3 Å². The average Bonchev–Trinajstić information content (AvgIpc) is 1.85. The molecular formula is C6H13ClFNO2S. The smallest absolute Gasteiger partial charge is 0.302 e. The molecule has 0 amide bonds. The molecule has 74 valence electrons. The number of piperidine rings is 1. The van der Waals surface area contributed by atoms with Crippen LogP contribution in [0.1, 0.15) is 12.8 Å². The Hall–Kier alpha value is 0.130. The molecule has 1 unspecified atom stereocenters. The second-order valence-corrected chi connectivity index (χ2v) is 4.33. The van der Waals surface area contributed by atoms with Gasteiger partial charge in [0, 0.05) is 0 Å². The van der Waals surface area contributed by atoms with Crippen molar-refractivity contribution in [1.29, 1.82) is 0 Å². The molecule has 1 atom stereocenters. The summed E-state index contributed by atoms with van der Waals surface area (Å²) < 4.78 is 32.5. The van der Waals surface area contributed by atoms with Crippen LogP contribution in [0.15, 0.2) is 0 Å². The molecule has 1 saturated heterocycles. The molecule has 0 bridgehead atoms. The predicted molar refractivity (Wildman–Crippen MR) is 47.7 cm³/mol. The molecule has 0 aromatic carbocycles. The van der Waals surface area contributed by atoms with Crippen molar-refractivity contribution in [2.75, 3.05) is 18.8 Å². The number of halogens is 2. The van der Waals surface area contributed by atoms with Crippen molar-refractivity contribution in [2.24, 2.45) is 5.92 Å². The van der Waals surface area contributed by atoms with E-state index in [1.54, 1.807) is 0 Å². The van der Waals surface area contributed by atoms with Crippen LogP contribution < -0.4 is 5.32 Å². The molecule has 6 heteroatoms. The van der Waals surface area contributed by atoms with Gasteiger partial charge < -0.3 is 5.32 Å². The molecule has 12 heavy (non-hydrogen) atoms. The van der Waals surface area contributed by atoms with Gasteiger partial charge in [-0.3, -0.25) is 0 Å². The Balaban J connectivity index is 0.00000121. The maximum Gasteiger partial charge on any atom is 0.302 e. The molecule has 0 saturated carbocycles. The first-order valence-corrected chi connectivity index (χ1v) is 5.26. The summed E-state index contributed by atoms with van der Waals surface area (Å²) in [5.74, 6) is -0.348. The highest BCUT2D eigenvalue weighted by molar-refractivity contribution is 7.86. The van der Waals surface area contributed by atoms with Crippen LogP contribution in [0, 0.1) is 5.92 Å². The highest BCUT2D eigenvalue weighted by Crippen LogP contribution is 2.12. The van der Waals surface area contributed by atoms with Gasteiger partial charge in [0.1, 0.15) is 0 Å². The standard InChI is InChI=1S/C6H12FNO2S.ClH/c7-11(9,10)5-6-2-1-3-8-4-6;/h6,8H,1-5H2;1H. The largest absolute Gasteiger partial charge is 0.316 e. The predicted octanol–water partition coefficient (Wildman–Crippen LogP) is 0.707. The first kappa shape index (κ1) is 12.1. The van der Waals surface area contributed by atoms with Gasteiger partial charge >= 0.3 is 10.2 Å². The molecule has 0 aromatic heterocycles. The van der Waals surface area contributed by atoms with Crippen molar-refractivity contribution in [3.05, 3.63) is 0 Å². The van der Waals surface area contributed by atoms with Crippen molar-refractivity contribution < 1.29 is 12.3 Å². The van der Waals surface area contributed by atoms with Gasteiger partial charge in [0.2, 0.25) is 0 Å². The van der Waals surface area contributed by atoms with Gasteiger partial charge in [0.15, 0.2) is 0 Å². The topological polar surface area (TPSA) is 46.2 Å². The quantitative estimate of drug-likeness (QED) is 0.693. The fraction of sp³-hybridized carbons (Fsp3) is 1.00. The molecule has 3 nitrogen and oxygen atoms in total. The van der Waals surface area contributed by atoms with Crippen LogP contribution in [-0.2, 0) is 10.2 Å². The molecule has 0 aromatic rings. The van der Waals surface area contributed by atoms with Gasteiger partial charge in [-0.05, 0) is 31.8 Å². The molecule has 0 aliphatic carbocycles. The molecule has 0 spiro atoms. The first-order valence-electron chi connectivity index (χ1n) is 3.71. The summed E-state index contributed by atoms with van der Waals surface area (Å²) in [6.07, 6.45) is 1.76. The van der Waals surface area contributed by atoms with E-state index in [1.807, 2.05) is 0 Å². The van der Waals surface area contributed by atoms with Gasteiger partial charge in [0.25, 0.3) is 0 Å². The maximum absolute atomic E-state index is 12.1. The molecule has 1 rings (SSSR count). The zero-order chi connectivity index (χ0) is 8.32. The summed E-state index contributed by atoms with van der Waals surface area (Å²) in [5.41, 5.74) is 0. The van der Waals surface area contributed by atoms with E-state index in [1.165, 1.54) is 0 Å². The van der Waals surface area contributed by atoms with E-state index in [2.05, 4.69) is 5.32 Å². The first-order chi connectivity index (χ1) is 5.08. The summed E-state index contributed by atoms with van der Waals surface area (Å²) >= 11 is 0. The van der Waals surface area contributed by atoms with Crippen molar-refractivity contribution >= 4 is 22.6 Å². The van der Waals surface area contributed by atoms with Crippen LogP contribution >= 0.6 is 12.4 Å². The highest BCUT2D eigenvalue weighted by Gasteiger charge is 2.19. The van der Waals surface area contributed by atoms with E-state index in [0.717, 1.165) is 19.4 Å². The minimum atomic E-state index is -4.26. The summed E-state index contributed by atoms with van der Waals surface area (Å²) in [7, 11) is -4.26.